The minimum atomic E-state index is -4.30. The van der Waals surface area contributed by atoms with Gasteiger partial charge in [0.1, 0.15) is 0 Å². The number of aromatic amines is 1. The standard InChI is InChI=1S/C19H17F3N2/c20-19(21,22)13-6-4-12(5-7-13)14-2-1-3-17-18(14)15-8-10-23-11-9-16(15)24-17/h1-7,23-24H,8-11H2. The number of nitrogens with one attached hydrogen (secondary N) is 2. The summed E-state index contributed by atoms with van der Waals surface area (Å²) in [4.78, 5) is 3.48. The topological polar surface area (TPSA) is 27.8 Å². The van der Waals surface area contributed by atoms with E-state index >= 15 is 0 Å². The van der Waals surface area contributed by atoms with Crippen molar-refractivity contribution in [3.8, 4) is 11.1 Å². The van der Waals surface area contributed by atoms with Crippen molar-refractivity contribution in [3.63, 3.8) is 0 Å². The summed E-state index contributed by atoms with van der Waals surface area (Å²) in [5.74, 6) is 0. The number of hydrogen-bond acceptors (Lipinski definition) is 1. The molecular formula is C19H17F3N2. The lowest BCUT2D eigenvalue weighted by Crippen LogP contribution is -2.16. The molecule has 0 spiro atoms. The third-order valence-electron chi connectivity index (χ3n) is 4.64. The van der Waals surface area contributed by atoms with Crippen LogP contribution in [0.3, 0.4) is 0 Å². The van der Waals surface area contributed by atoms with Crippen LogP contribution in [0.25, 0.3) is 22.0 Å². The molecule has 0 aliphatic carbocycles. The van der Waals surface area contributed by atoms with Gasteiger partial charge in [0.05, 0.1) is 5.56 Å². The molecule has 124 valence electrons. The maximum Gasteiger partial charge on any atom is 0.416 e. The Morgan fingerprint density at radius 3 is 2.38 bits per heavy atom. The zero-order valence-electron chi connectivity index (χ0n) is 13.0. The van der Waals surface area contributed by atoms with Crippen LogP contribution < -0.4 is 5.32 Å². The average Bonchev–Trinajstić information content (AvgIpc) is 2.76. The smallest absolute Gasteiger partial charge is 0.358 e. The van der Waals surface area contributed by atoms with Gasteiger partial charge in [-0.15, -0.1) is 0 Å². The molecule has 0 saturated carbocycles. The summed E-state index contributed by atoms with van der Waals surface area (Å²) < 4.78 is 38.4. The van der Waals surface area contributed by atoms with Crippen LogP contribution in [0.5, 0.6) is 0 Å². The van der Waals surface area contributed by atoms with E-state index in [1.54, 1.807) is 12.1 Å². The SMILES string of the molecule is FC(F)(F)c1ccc(-c2cccc3[nH]c4c(c23)CCNCC4)cc1. The number of alkyl halides is 3. The van der Waals surface area contributed by atoms with Gasteiger partial charge in [-0.25, -0.2) is 0 Å². The Labute approximate surface area is 137 Å². The summed E-state index contributed by atoms with van der Waals surface area (Å²) in [6.45, 7) is 1.86. The van der Waals surface area contributed by atoms with Gasteiger partial charge in [-0.3, -0.25) is 0 Å². The van der Waals surface area contributed by atoms with Crippen molar-refractivity contribution >= 4 is 10.9 Å². The second-order valence-corrected chi connectivity index (χ2v) is 6.14. The third kappa shape index (κ3) is 2.59. The minimum absolute atomic E-state index is 0.615. The first-order chi connectivity index (χ1) is 11.5. The Morgan fingerprint density at radius 1 is 0.875 bits per heavy atom. The van der Waals surface area contributed by atoms with E-state index in [1.165, 1.54) is 11.3 Å². The molecule has 0 fully saturated rings. The Kier molecular flexibility index (Phi) is 3.61. The van der Waals surface area contributed by atoms with Gasteiger partial charge >= 0.3 is 6.18 Å². The van der Waals surface area contributed by atoms with E-state index in [0.29, 0.717) is 0 Å². The van der Waals surface area contributed by atoms with Crippen LogP contribution in [0.4, 0.5) is 13.2 Å². The second kappa shape index (κ2) is 5.67. The van der Waals surface area contributed by atoms with Crippen LogP contribution >= 0.6 is 0 Å². The number of halogens is 3. The number of hydrogen-bond donors (Lipinski definition) is 2. The molecule has 4 rings (SSSR count). The number of H-pyrrole nitrogens is 1. The number of rotatable bonds is 1. The molecular weight excluding hydrogens is 313 g/mol. The van der Waals surface area contributed by atoms with E-state index in [1.807, 2.05) is 18.2 Å². The molecule has 3 aromatic rings. The molecule has 0 unspecified atom stereocenters. The summed E-state index contributed by atoms with van der Waals surface area (Å²) in [5.41, 5.74) is 4.75. The maximum atomic E-state index is 12.8. The van der Waals surface area contributed by atoms with E-state index in [-0.39, 0.29) is 0 Å². The molecule has 2 heterocycles. The van der Waals surface area contributed by atoms with Crippen LogP contribution in [0.2, 0.25) is 0 Å². The normalized spacial score (nSPS) is 15.3. The van der Waals surface area contributed by atoms with Crippen molar-refractivity contribution < 1.29 is 13.2 Å². The first-order valence-corrected chi connectivity index (χ1v) is 8.05. The molecule has 0 bridgehead atoms. The third-order valence-corrected chi connectivity index (χ3v) is 4.64. The highest BCUT2D eigenvalue weighted by atomic mass is 19.4. The molecule has 0 atom stereocenters. The fourth-order valence-electron chi connectivity index (χ4n) is 3.49. The molecule has 0 saturated heterocycles. The Morgan fingerprint density at radius 2 is 1.62 bits per heavy atom. The van der Waals surface area contributed by atoms with Crippen molar-refractivity contribution in [1.82, 2.24) is 10.3 Å². The summed E-state index contributed by atoms with van der Waals surface area (Å²) in [7, 11) is 0. The number of aromatic nitrogens is 1. The molecule has 0 amide bonds. The summed E-state index contributed by atoms with van der Waals surface area (Å²) in [6, 6.07) is 11.4. The van der Waals surface area contributed by atoms with Gasteiger partial charge in [0, 0.05) is 29.6 Å². The molecule has 1 aliphatic rings. The zero-order chi connectivity index (χ0) is 16.7. The molecule has 1 aliphatic heterocycles. The summed E-state index contributed by atoms with van der Waals surface area (Å²) >= 11 is 0. The van der Waals surface area contributed by atoms with E-state index < -0.39 is 11.7 Å². The summed E-state index contributed by atoms with van der Waals surface area (Å²) in [6.07, 6.45) is -2.44. The predicted molar refractivity (Wildman–Crippen MR) is 89.0 cm³/mol. The Bertz CT molecular complexity index is 876. The highest BCUT2D eigenvalue weighted by Crippen LogP contribution is 2.36. The minimum Gasteiger partial charge on any atom is -0.358 e. The molecule has 1 aromatic heterocycles. The fourth-order valence-corrected chi connectivity index (χ4v) is 3.49. The first-order valence-electron chi connectivity index (χ1n) is 8.05. The largest absolute Gasteiger partial charge is 0.416 e. The van der Waals surface area contributed by atoms with Crippen LogP contribution in [-0.2, 0) is 19.0 Å². The zero-order valence-corrected chi connectivity index (χ0v) is 13.0. The van der Waals surface area contributed by atoms with E-state index in [4.69, 9.17) is 0 Å². The van der Waals surface area contributed by atoms with Crippen molar-refractivity contribution in [1.29, 1.82) is 0 Å². The number of fused-ring (bicyclic) bond motifs is 3. The van der Waals surface area contributed by atoms with E-state index in [2.05, 4.69) is 10.3 Å². The van der Waals surface area contributed by atoms with Crippen LogP contribution in [0, 0.1) is 0 Å². The van der Waals surface area contributed by atoms with E-state index in [9.17, 15) is 13.2 Å². The highest BCUT2D eigenvalue weighted by Gasteiger charge is 2.30. The van der Waals surface area contributed by atoms with Crippen LogP contribution in [0.1, 0.15) is 16.8 Å². The number of benzene rings is 2. The van der Waals surface area contributed by atoms with Gasteiger partial charge in [-0.1, -0.05) is 24.3 Å². The lowest BCUT2D eigenvalue weighted by molar-refractivity contribution is -0.137. The highest BCUT2D eigenvalue weighted by molar-refractivity contribution is 5.98. The van der Waals surface area contributed by atoms with Gasteiger partial charge < -0.3 is 10.3 Å². The van der Waals surface area contributed by atoms with Crippen LogP contribution in [-0.4, -0.2) is 18.1 Å². The van der Waals surface area contributed by atoms with Gasteiger partial charge in [-0.2, -0.15) is 13.2 Å². The molecule has 24 heavy (non-hydrogen) atoms. The predicted octanol–water partition coefficient (Wildman–Crippen LogP) is 4.54. The monoisotopic (exact) mass is 330 g/mol. The van der Waals surface area contributed by atoms with Crippen molar-refractivity contribution in [2.45, 2.75) is 19.0 Å². The molecule has 0 radical (unpaired) electrons. The lowest BCUT2D eigenvalue weighted by atomic mass is 9.96. The fraction of sp³-hybridized carbons (Fsp3) is 0.263. The molecule has 2 nitrogen and oxygen atoms in total. The van der Waals surface area contributed by atoms with Gasteiger partial charge in [0.15, 0.2) is 0 Å². The molecule has 2 N–H and O–H groups in total. The first kappa shape index (κ1) is 15.3. The maximum absolute atomic E-state index is 12.8. The van der Waals surface area contributed by atoms with Gasteiger partial charge in [0.25, 0.3) is 0 Å². The summed E-state index contributed by atoms with van der Waals surface area (Å²) in [5, 5.41) is 4.52. The average molecular weight is 330 g/mol. The quantitative estimate of drug-likeness (QED) is 0.673. The molecule has 2 aromatic carbocycles. The van der Waals surface area contributed by atoms with Crippen molar-refractivity contribution in [2.75, 3.05) is 13.1 Å². The van der Waals surface area contributed by atoms with Crippen molar-refractivity contribution in [2.24, 2.45) is 0 Å². The molecule has 5 heteroatoms. The van der Waals surface area contributed by atoms with Gasteiger partial charge in [0.2, 0.25) is 0 Å². The Balaban J connectivity index is 1.86. The Hall–Kier alpha value is -2.27. The van der Waals surface area contributed by atoms with Crippen LogP contribution in [0.15, 0.2) is 42.5 Å². The lowest BCUT2D eigenvalue weighted by Gasteiger charge is -2.10. The van der Waals surface area contributed by atoms with Gasteiger partial charge in [-0.05, 0) is 47.9 Å². The second-order valence-electron chi connectivity index (χ2n) is 6.14. The van der Waals surface area contributed by atoms with E-state index in [0.717, 1.165) is 60.1 Å². The van der Waals surface area contributed by atoms with Crippen molar-refractivity contribution in [3.05, 3.63) is 59.3 Å².